The molecule has 2 aliphatic rings. The lowest BCUT2D eigenvalue weighted by atomic mass is 9.84. The van der Waals surface area contributed by atoms with Gasteiger partial charge in [0.25, 0.3) is 0 Å². The largest absolute Gasteiger partial charge is 0.340 e. The Morgan fingerprint density at radius 1 is 1.33 bits per heavy atom. The second-order valence-electron chi connectivity index (χ2n) is 7.84. The molecule has 2 saturated carbocycles. The van der Waals surface area contributed by atoms with Crippen LogP contribution in [0.15, 0.2) is 24.3 Å². The van der Waals surface area contributed by atoms with Crippen molar-refractivity contribution in [2.75, 3.05) is 7.05 Å². The molecule has 0 heterocycles. The Morgan fingerprint density at radius 2 is 2.12 bits per heavy atom. The maximum atomic E-state index is 13.3. The first-order chi connectivity index (χ1) is 11.4. The molecule has 1 aromatic rings. The van der Waals surface area contributed by atoms with Crippen LogP contribution in [0.1, 0.15) is 45.1 Å². The molecule has 0 aliphatic heterocycles. The van der Waals surface area contributed by atoms with E-state index >= 15 is 0 Å². The lowest BCUT2D eigenvalue weighted by Gasteiger charge is -2.31. The molecular weight excluding hydrogens is 303 g/mol. The number of rotatable bonds is 6. The van der Waals surface area contributed by atoms with Crippen LogP contribution >= 0.6 is 0 Å². The Bertz CT molecular complexity index is 591. The molecule has 0 radical (unpaired) electrons. The van der Waals surface area contributed by atoms with E-state index in [2.05, 4.69) is 12.2 Å². The molecule has 24 heavy (non-hydrogen) atoms. The van der Waals surface area contributed by atoms with Crippen LogP contribution in [-0.4, -0.2) is 29.9 Å². The number of amides is 1. The fourth-order valence-corrected chi connectivity index (χ4v) is 4.81. The third-order valence-corrected chi connectivity index (χ3v) is 6.00. The summed E-state index contributed by atoms with van der Waals surface area (Å²) in [6, 6.07) is 6.61. The summed E-state index contributed by atoms with van der Waals surface area (Å²) in [6.45, 7) is 4.60. The predicted octanol–water partition coefficient (Wildman–Crippen LogP) is 3.59. The maximum absolute atomic E-state index is 13.3. The van der Waals surface area contributed by atoms with Crippen molar-refractivity contribution >= 4 is 5.91 Å². The lowest BCUT2D eigenvalue weighted by molar-refractivity contribution is -0.132. The summed E-state index contributed by atoms with van der Waals surface area (Å²) in [5.41, 5.74) is 0.819. The van der Waals surface area contributed by atoms with Gasteiger partial charge in [-0.25, -0.2) is 4.39 Å². The van der Waals surface area contributed by atoms with Gasteiger partial charge in [0.1, 0.15) is 5.82 Å². The van der Waals surface area contributed by atoms with E-state index in [4.69, 9.17) is 0 Å². The number of carbonyl (C=O) groups is 1. The Labute approximate surface area is 144 Å². The number of nitrogens with one attached hydrogen (secondary N) is 1. The molecule has 3 rings (SSSR count). The fourth-order valence-electron chi connectivity index (χ4n) is 4.81. The van der Waals surface area contributed by atoms with Gasteiger partial charge in [-0.2, -0.15) is 0 Å². The number of carbonyl (C=O) groups excluding carboxylic acids is 1. The van der Waals surface area contributed by atoms with Gasteiger partial charge in [0, 0.05) is 19.6 Å². The van der Waals surface area contributed by atoms with E-state index in [0.29, 0.717) is 18.5 Å². The molecular formula is C20H29FN2O. The summed E-state index contributed by atoms with van der Waals surface area (Å²) in [5, 5.41) is 3.52. The summed E-state index contributed by atoms with van der Waals surface area (Å²) in [5.74, 6) is 2.29. The summed E-state index contributed by atoms with van der Waals surface area (Å²) in [7, 11) is 1.79. The molecule has 132 valence electrons. The highest BCUT2D eigenvalue weighted by molar-refractivity contribution is 5.81. The normalized spacial score (nSPS) is 27.9. The van der Waals surface area contributed by atoms with Gasteiger partial charge in [-0.05, 0) is 68.6 Å². The van der Waals surface area contributed by atoms with Crippen molar-refractivity contribution in [1.29, 1.82) is 0 Å². The van der Waals surface area contributed by atoms with Gasteiger partial charge < -0.3 is 10.2 Å². The number of fused-ring (bicyclic) bond motifs is 2. The van der Waals surface area contributed by atoms with E-state index in [-0.39, 0.29) is 17.8 Å². The fraction of sp³-hybridized carbons (Fsp3) is 0.650. The van der Waals surface area contributed by atoms with E-state index < -0.39 is 0 Å². The monoisotopic (exact) mass is 332 g/mol. The minimum absolute atomic E-state index is 0.0641. The van der Waals surface area contributed by atoms with Crippen LogP contribution < -0.4 is 5.32 Å². The Hall–Kier alpha value is -1.42. The molecule has 1 N–H and O–H groups in total. The summed E-state index contributed by atoms with van der Waals surface area (Å²) >= 11 is 0. The summed E-state index contributed by atoms with van der Waals surface area (Å²) in [4.78, 5) is 14.3. The van der Waals surface area contributed by atoms with Gasteiger partial charge in [0.15, 0.2) is 0 Å². The standard InChI is InChI=1S/C20H29FN2O/c1-13(19-11-15-7-8-17(19)9-15)22-14(2)20(24)23(3)12-16-5-4-6-18(21)10-16/h4-6,10,13-15,17,19,22H,7-9,11-12H2,1-3H3/t13-,14-,15-,17-,19-/m0/s1. The molecule has 1 aromatic carbocycles. The zero-order chi connectivity index (χ0) is 17.3. The maximum Gasteiger partial charge on any atom is 0.239 e. The molecule has 5 atom stereocenters. The first-order valence-corrected chi connectivity index (χ1v) is 9.19. The molecule has 2 fully saturated rings. The average molecular weight is 332 g/mol. The smallest absolute Gasteiger partial charge is 0.239 e. The molecule has 0 saturated heterocycles. The number of hydrogen-bond acceptors (Lipinski definition) is 2. The van der Waals surface area contributed by atoms with Gasteiger partial charge in [-0.3, -0.25) is 4.79 Å². The minimum Gasteiger partial charge on any atom is -0.340 e. The predicted molar refractivity (Wildman–Crippen MR) is 93.9 cm³/mol. The molecule has 0 spiro atoms. The lowest BCUT2D eigenvalue weighted by Crippen LogP contribution is -2.49. The zero-order valence-electron chi connectivity index (χ0n) is 15.0. The minimum atomic E-state index is -0.260. The first-order valence-electron chi connectivity index (χ1n) is 9.19. The van der Waals surface area contributed by atoms with Gasteiger partial charge in [0.05, 0.1) is 6.04 Å². The van der Waals surface area contributed by atoms with E-state index in [1.807, 2.05) is 13.0 Å². The molecule has 3 nitrogen and oxygen atoms in total. The second-order valence-corrected chi connectivity index (χ2v) is 7.84. The number of nitrogens with zero attached hydrogens (tertiary/aromatic N) is 1. The van der Waals surface area contributed by atoms with E-state index in [1.54, 1.807) is 18.0 Å². The molecule has 4 heteroatoms. The Kier molecular flexibility index (Phi) is 5.24. The Morgan fingerprint density at radius 3 is 2.75 bits per heavy atom. The third kappa shape index (κ3) is 3.80. The molecule has 0 unspecified atom stereocenters. The molecule has 2 bridgehead atoms. The molecule has 0 aromatic heterocycles. The van der Waals surface area contributed by atoms with Crippen LogP contribution in [0.4, 0.5) is 4.39 Å². The van der Waals surface area contributed by atoms with Crippen LogP contribution in [-0.2, 0) is 11.3 Å². The Balaban J connectivity index is 1.52. The zero-order valence-corrected chi connectivity index (χ0v) is 15.0. The van der Waals surface area contributed by atoms with E-state index in [1.165, 1.54) is 37.8 Å². The van der Waals surface area contributed by atoms with Gasteiger partial charge >= 0.3 is 0 Å². The van der Waals surface area contributed by atoms with Crippen molar-refractivity contribution in [3.8, 4) is 0 Å². The SMILES string of the molecule is C[C@H](N[C@@H](C)[C@@H]1C[C@H]2CC[C@H]1C2)C(=O)N(C)Cc1cccc(F)c1. The van der Waals surface area contributed by atoms with Crippen molar-refractivity contribution in [3.63, 3.8) is 0 Å². The van der Waals surface area contributed by atoms with Gasteiger partial charge in [-0.15, -0.1) is 0 Å². The first kappa shape index (κ1) is 17.4. The van der Waals surface area contributed by atoms with Gasteiger partial charge in [-0.1, -0.05) is 18.6 Å². The molecule has 2 aliphatic carbocycles. The van der Waals surface area contributed by atoms with Gasteiger partial charge in [0.2, 0.25) is 5.91 Å². The van der Waals surface area contributed by atoms with Crippen molar-refractivity contribution in [2.45, 2.75) is 58.2 Å². The third-order valence-electron chi connectivity index (χ3n) is 6.00. The average Bonchev–Trinajstić information content (AvgIpc) is 3.17. The quantitative estimate of drug-likeness (QED) is 0.863. The topological polar surface area (TPSA) is 32.3 Å². The van der Waals surface area contributed by atoms with E-state index in [9.17, 15) is 9.18 Å². The van der Waals surface area contributed by atoms with Crippen LogP contribution in [0.25, 0.3) is 0 Å². The van der Waals surface area contributed by atoms with Crippen molar-refractivity contribution in [3.05, 3.63) is 35.6 Å². The van der Waals surface area contributed by atoms with E-state index in [0.717, 1.165) is 17.4 Å². The number of benzene rings is 1. The van der Waals surface area contributed by atoms with Crippen LogP contribution in [0.5, 0.6) is 0 Å². The van der Waals surface area contributed by atoms with Crippen LogP contribution in [0, 0.1) is 23.6 Å². The highest BCUT2D eigenvalue weighted by atomic mass is 19.1. The van der Waals surface area contributed by atoms with Crippen LogP contribution in [0.3, 0.4) is 0 Å². The van der Waals surface area contributed by atoms with Crippen molar-refractivity contribution < 1.29 is 9.18 Å². The van der Waals surface area contributed by atoms with Crippen molar-refractivity contribution in [2.24, 2.45) is 17.8 Å². The number of likely N-dealkylation sites (N-methyl/N-ethyl adjacent to an activating group) is 1. The van der Waals surface area contributed by atoms with Crippen LogP contribution in [0.2, 0.25) is 0 Å². The highest BCUT2D eigenvalue weighted by Crippen LogP contribution is 2.49. The number of hydrogen-bond donors (Lipinski definition) is 1. The van der Waals surface area contributed by atoms with Crippen molar-refractivity contribution in [1.82, 2.24) is 10.2 Å². The molecule has 1 amide bonds. The highest BCUT2D eigenvalue weighted by Gasteiger charge is 2.42. The number of halogens is 1. The summed E-state index contributed by atoms with van der Waals surface area (Å²) in [6.07, 6.45) is 5.47. The summed E-state index contributed by atoms with van der Waals surface area (Å²) < 4.78 is 13.3. The second kappa shape index (κ2) is 7.22.